The van der Waals surface area contributed by atoms with E-state index >= 15 is 0 Å². The molecule has 2 rings (SSSR count). The molecule has 1 aliphatic rings. The highest BCUT2D eigenvalue weighted by atomic mass is 35.5. The van der Waals surface area contributed by atoms with Crippen LogP contribution in [0.25, 0.3) is 0 Å². The van der Waals surface area contributed by atoms with E-state index in [0.717, 1.165) is 11.3 Å². The summed E-state index contributed by atoms with van der Waals surface area (Å²) >= 11 is 5.97. The molecule has 1 aromatic carbocycles. The van der Waals surface area contributed by atoms with E-state index in [-0.39, 0.29) is 23.5 Å². The Balaban J connectivity index is 1.89. The Hall–Kier alpha value is -1.27. The van der Waals surface area contributed by atoms with Gasteiger partial charge in [0.1, 0.15) is 0 Å². The number of anilines is 1. The zero-order valence-corrected chi connectivity index (χ0v) is 15.1. The Morgan fingerprint density at radius 1 is 1.43 bits per heavy atom. The third kappa shape index (κ3) is 4.85. The third-order valence-electron chi connectivity index (χ3n) is 4.16. The van der Waals surface area contributed by atoms with Crippen molar-refractivity contribution in [3.63, 3.8) is 0 Å². The van der Waals surface area contributed by atoms with E-state index < -0.39 is 9.84 Å². The molecule has 1 aromatic rings. The molecule has 1 amide bonds. The molecule has 0 bridgehead atoms. The number of rotatable bonds is 6. The fourth-order valence-corrected chi connectivity index (χ4v) is 4.79. The van der Waals surface area contributed by atoms with Crippen molar-refractivity contribution in [1.82, 2.24) is 4.90 Å². The largest absolute Gasteiger partial charge is 0.384 e. The van der Waals surface area contributed by atoms with Gasteiger partial charge in [0, 0.05) is 36.3 Å². The molecule has 7 heteroatoms. The van der Waals surface area contributed by atoms with Gasteiger partial charge >= 0.3 is 0 Å². The molecule has 1 heterocycles. The molecule has 0 radical (unpaired) electrons. The Kier molecular flexibility index (Phi) is 5.92. The van der Waals surface area contributed by atoms with Crippen LogP contribution in [-0.2, 0) is 14.6 Å². The smallest absolute Gasteiger partial charge is 0.224 e. The highest BCUT2D eigenvalue weighted by Crippen LogP contribution is 2.21. The standard InChI is InChI=1S/C16H23ClN2O3S/c1-3-19(14-7-9-23(21,22)11-14)16(20)6-8-18-15-10-13(17)5-4-12(15)2/h4-5,10,14,18H,3,6-9,11H2,1-2H3. The first-order valence-electron chi connectivity index (χ1n) is 7.82. The number of carbonyl (C=O) groups is 1. The second-order valence-corrected chi connectivity index (χ2v) is 8.54. The van der Waals surface area contributed by atoms with Crippen molar-refractivity contribution in [2.24, 2.45) is 0 Å². The molecule has 1 unspecified atom stereocenters. The van der Waals surface area contributed by atoms with E-state index in [1.807, 2.05) is 32.0 Å². The number of halogens is 1. The predicted octanol–water partition coefficient (Wildman–Crippen LogP) is 2.49. The molecule has 0 aromatic heterocycles. The molecular weight excluding hydrogens is 336 g/mol. The second kappa shape index (κ2) is 7.53. The predicted molar refractivity (Wildman–Crippen MR) is 93.7 cm³/mol. The maximum Gasteiger partial charge on any atom is 0.224 e. The summed E-state index contributed by atoms with van der Waals surface area (Å²) in [5, 5.41) is 3.87. The summed E-state index contributed by atoms with van der Waals surface area (Å²) in [6.07, 6.45) is 0.874. The Morgan fingerprint density at radius 3 is 2.78 bits per heavy atom. The normalized spacial score (nSPS) is 19.5. The van der Waals surface area contributed by atoms with Gasteiger partial charge in [-0.2, -0.15) is 0 Å². The minimum absolute atomic E-state index is 0.0122. The topological polar surface area (TPSA) is 66.5 Å². The Bertz CT molecular complexity index is 676. The van der Waals surface area contributed by atoms with Gasteiger partial charge in [-0.05, 0) is 38.0 Å². The van der Waals surface area contributed by atoms with Crippen LogP contribution in [0.15, 0.2) is 18.2 Å². The van der Waals surface area contributed by atoms with Crippen molar-refractivity contribution in [2.45, 2.75) is 32.7 Å². The van der Waals surface area contributed by atoms with Crippen molar-refractivity contribution in [1.29, 1.82) is 0 Å². The molecule has 1 N–H and O–H groups in total. The first kappa shape index (κ1) is 18.1. The van der Waals surface area contributed by atoms with Crippen LogP contribution < -0.4 is 5.32 Å². The molecule has 128 valence electrons. The molecule has 5 nitrogen and oxygen atoms in total. The summed E-state index contributed by atoms with van der Waals surface area (Å²) in [4.78, 5) is 14.1. The van der Waals surface area contributed by atoms with Crippen LogP contribution in [0.4, 0.5) is 5.69 Å². The van der Waals surface area contributed by atoms with Gasteiger partial charge in [0.25, 0.3) is 0 Å². The van der Waals surface area contributed by atoms with Crippen LogP contribution in [0.1, 0.15) is 25.3 Å². The molecule has 1 atom stereocenters. The lowest BCUT2D eigenvalue weighted by Gasteiger charge is -2.27. The summed E-state index contributed by atoms with van der Waals surface area (Å²) in [6, 6.07) is 5.41. The van der Waals surface area contributed by atoms with Gasteiger partial charge in [-0.25, -0.2) is 8.42 Å². The van der Waals surface area contributed by atoms with E-state index in [0.29, 0.717) is 31.0 Å². The maximum absolute atomic E-state index is 12.4. The van der Waals surface area contributed by atoms with Crippen LogP contribution in [0.3, 0.4) is 0 Å². The summed E-state index contributed by atoms with van der Waals surface area (Å²) in [6.45, 7) is 4.89. The van der Waals surface area contributed by atoms with Crippen molar-refractivity contribution in [3.05, 3.63) is 28.8 Å². The summed E-state index contributed by atoms with van der Waals surface area (Å²) in [5.41, 5.74) is 1.98. The third-order valence-corrected chi connectivity index (χ3v) is 6.15. The van der Waals surface area contributed by atoms with Crippen LogP contribution in [0.5, 0.6) is 0 Å². The number of sulfone groups is 1. The minimum Gasteiger partial charge on any atom is -0.384 e. The lowest BCUT2D eigenvalue weighted by Crippen LogP contribution is -2.41. The molecule has 0 aliphatic carbocycles. The van der Waals surface area contributed by atoms with E-state index in [1.54, 1.807) is 4.90 Å². The number of nitrogens with zero attached hydrogens (tertiary/aromatic N) is 1. The van der Waals surface area contributed by atoms with Crippen LogP contribution in [-0.4, -0.2) is 49.9 Å². The highest BCUT2D eigenvalue weighted by molar-refractivity contribution is 7.91. The number of carbonyl (C=O) groups excluding carboxylic acids is 1. The van der Waals surface area contributed by atoms with Crippen LogP contribution in [0, 0.1) is 6.92 Å². The first-order valence-corrected chi connectivity index (χ1v) is 10.0. The molecule has 1 saturated heterocycles. The van der Waals surface area contributed by atoms with Gasteiger partial charge in [-0.3, -0.25) is 4.79 Å². The summed E-state index contributed by atoms with van der Waals surface area (Å²) < 4.78 is 23.2. The number of nitrogens with one attached hydrogen (secondary N) is 1. The van der Waals surface area contributed by atoms with E-state index in [9.17, 15) is 13.2 Å². The number of hydrogen-bond donors (Lipinski definition) is 1. The van der Waals surface area contributed by atoms with E-state index in [2.05, 4.69) is 5.32 Å². The van der Waals surface area contributed by atoms with Crippen LogP contribution in [0.2, 0.25) is 5.02 Å². The lowest BCUT2D eigenvalue weighted by atomic mass is 10.2. The van der Waals surface area contributed by atoms with Crippen molar-refractivity contribution < 1.29 is 13.2 Å². The first-order chi connectivity index (χ1) is 10.8. The van der Waals surface area contributed by atoms with Gasteiger partial charge in [-0.1, -0.05) is 17.7 Å². The molecule has 1 fully saturated rings. The van der Waals surface area contributed by atoms with Gasteiger partial charge in [0.05, 0.1) is 11.5 Å². The quantitative estimate of drug-likeness (QED) is 0.848. The van der Waals surface area contributed by atoms with Gasteiger partial charge < -0.3 is 10.2 Å². The lowest BCUT2D eigenvalue weighted by molar-refractivity contribution is -0.132. The highest BCUT2D eigenvalue weighted by Gasteiger charge is 2.33. The Morgan fingerprint density at radius 2 is 2.17 bits per heavy atom. The average Bonchev–Trinajstić information content (AvgIpc) is 2.83. The summed E-state index contributed by atoms with van der Waals surface area (Å²) in [7, 11) is -2.98. The molecular formula is C16H23ClN2O3S. The number of aryl methyl sites for hydroxylation is 1. The number of benzene rings is 1. The fourth-order valence-electron chi connectivity index (χ4n) is 2.89. The van der Waals surface area contributed by atoms with Crippen molar-refractivity contribution in [2.75, 3.05) is 29.9 Å². The van der Waals surface area contributed by atoms with Gasteiger partial charge in [-0.15, -0.1) is 0 Å². The minimum atomic E-state index is -2.98. The zero-order chi connectivity index (χ0) is 17.0. The van der Waals surface area contributed by atoms with Crippen LogP contribution >= 0.6 is 11.6 Å². The van der Waals surface area contributed by atoms with Crippen molar-refractivity contribution in [3.8, 4) is 0 Å². The van der Waals surface area contributed by atoms with Gasteiger partial charge in [0.15, 0.2) is 9.84 Å². The Labute approximate surface area is 142 Å². The van der Waals surface area contributed by atoms with Crippen molar-refractivity contribution >= 4 is 33.0 Å². The molecule has 0 spiro atoms. The zero-order valence-electron chi connectivity index (χ0n) is 13.5. The second-order valence-electron chi connectivity index (χ2n) is 5.87. The van der Waals surface area contributed by atoms with E-state index in [1.165, 1.54) is 0 Å². The maximum atomic E-state index is 12.4. The van der Waals surface area contributed by atoms with Gasteiger partial charge in [0.2, 0.25) is 5.91 Å². The summed E-state index contributed by atoms with van der Waals surface area (Å²) in [5.74, 6) is 0.260. The molecule has 23 heavy (non-hydrogen) atoms. The number of hydrogen-bond acceptors (Lipinski definition) is 4. The number of amides is 1. The fraction of sp³-hybridized carbons (Fsp3) is 0.562. The SMILES string of the molecule is CCN(C(=O)CCNc1cc(Cl)ccc1C)C1CCS(=O)(=O)C1. The molecule has 1 aliphatic heterocycles. The average molecular weight is 359 g/mol. The van der Waals surface area contributed by atoms with E-state index in [4.69, 9.17) is 11.6 Å². The monoisotopic (exact) mass is 358 g/mol. The molecule has 0 saturated carbocycles.